The van der Waals surface area contributed by atoms with Gasteiger partial charge in [0.05, 0.1) is 13.2 Å². The van der Waals surface area contributed by atoms with Crippen molar-refractivity contribution in [2.24, 2.45) is 4.99 Å². The summed E-state index contributed by atoms with van der Waals surface area (Å²) in [6.07, 6.45) is 1.94. The molecule has 1 amide bonds. The second-order valence-corrected chi connectivity index (χ2v) is 7.95. The molecular formula is C25H34N4O3. The van der Waals surface area contributed by atoms with E-state index in [1.807, 2.05) is 31.2 Å². The molecule has 7 heteroatoms. The molecule has 1 heterocycles. The summed E-state index contributed by atoms with van der Waals surface area (Å²) in [7, 11) is 1.74. The molecule has 0 aliphatic carbocycles. The minimum Gasteiger partial charge on any atom is -0.488 e. The Kier molecular flexibility index (Phi) is 8.92. The largest absolute Gasteiger partial charge is 0.488 e. The maximum atomic E-state index is 12.2. The number of aliphatic imine (C=N–C) groups is 1. The van der Waals surface area contributed by atoms with Gasteiger partial charge in [0.25, 0.3) is 5.91 Å². The monoisotopic (exact) mass is 438 g/mol. The predicted molar refractivity (Wildman–Crippen MR) is 127 cm³/mol. The normalized spacial score (nSPS) is 16.0. The van der Waals surface area contributed by atoms with Gasteiger partial charge in [-0.15, -0.1) is 0 Å². The van der Waals surface area contributed by atoms with Gasteiger partial charge in [-0.05, 0) is 42.7 Å². The van der Waals surface area contributed by atoms with E-state index >= 15 is 0 Å². The zero-order valence-corrected chi connectivity index (χ0v) is 19.2. The van der Waals surface area contributed by atoms with Gasteiger partial charge >= 0.3 is 0 Å². The smallest absolute Gasteiger partial charge is 0.251 e. The maximum Gasteiger partial charge on any atom is 0.251 e. The second kappa shape index (κ2) is 12.1. The number of nitrogens with zero attached hydrogens (tertiary/aromatic N) is 1. The van der Waals surface area contributed by atoms with Crippen molar-refractivity contribution in [3.8, 4) is 5.75 Å². The van der Waals surface area contributed by atoms with Crippen molar-refractivity contribution in [2.75, 3.05) is 26.8 Å². The molecule has 1 saturated heterocycles. The summed E-state index contributed by atoms with van der Waals surface area (Å²) < 4.78 is 11.6. The summed E-state index contributed by atoms with van der Waals surface area (Å²) in [5, 5.41) is 9.58. The number of rotatable bonds is 9. The van der Waals surface area contributed by atoms with E-state index in [2.05, 4.69) is 46.1 Å². The predicted octanol–water partition coefficient (Wildman–Crippen LogP) is 3.17. The van der Waals surface area contributed by atoms with Crippen LogP contribution in [0.4, 0.5) is 0 Å². The number of carbonyl (C=O) groups is 1. The van der Waals surface area contributed by atoms with Crippen LogP contribution in [0.25, 0.3) is 0 Å². The first-order valence-corrected chi connectivity index (χ1v) is 11.2. The number of guanidine groups is 1. The van der Waals surface area contributed by atoms with Gasteiger partial charge in [-0.3, -0.25) is 9.79 Å². The molecule has 7 nitrogen and oxygen atoms in total. The zero-order chi connectivity index (χ0) is 22.8. The fourth-order valence-corrected chi connectivity index (χ4v) is 3.45. The van der Waals surface area contributed by atoms with Crippen LogP contribution in [-0.2, 0) is 17.8 Å². The molecule has 0 spiro atoms. The van der Waals surface area contributed by atoms with E-state index in [1.165, 1.54) is 0 Å². The van der Waals surface area contributed by atoms with Gasteiger partial charge in [-0.25, -0.2) is 0 Å². The molecule has 3 rings (SSSR count). The quantitative estimate of drug-likeness (QED) is 0.414. The van der Waals surface area contributed by atoms with Gasteiger partial charge in [-0.1, -0.05) is 31.2 Å². The van der Waals surface area contributed by atoms with Crippen LogP contribution in [0.2, 0.25) is 0 Å². The van der Waals surface area contributed by atoms with E-state index in [4.69, 9.17) is 9.47 Å². The summed E-state index contributed by atoms with van der Waals surface area (Å²) in [4.78, 5) is 16.5. The van der Waals surface area contributed by atoms with Gasteiger partial charge in [0.2, 0.25) is 0 Å². The van der Waals surface area contributed by atoms with E-state index in [1.54, 1.807) is 7.05 Å². The van der Waals surface area contributed by atoms with Crippen molar-refractivity contribution in [3.05, 3.63) is 64.7 Å². The minimum atomic E-state index is -0.0456. The topological polar surface area (TPSA) is 84.0 Å². The Morgan fingerprint density at radius 3 is 2.75 bits per heavy atom. The first-order chi connectivity index (χ1) is 15.6. The Hall–Kier alpha value is -3.06. The molecule has 0 radical (unpaired) electrons. The highest BCUT2D eigenvalue weighted by atomic mass is 16.5. The van der Waals surface area contributed by atoms with Gasteiger partial charge in [0.1, 0.15) is 11.9 Å². The van der Waals surface area contributed by atoms with Crippen molar-refractivity contribution in [3.63, 3.8) is 0 Å². The fourth-order valence-electron chi connectivity index (χ4n) is 3.45. The molecule has 1 aliphatic rings. The third-order valence-corrected chi connectivity index (χ3v) is 5.26. The van der Waals surface area contributed by atoms with E-state index in [9.17, 15) is 4.79 Å². The number of ether oxygens (including phenoxy) is 2. The molecule has 0 saturated carbocycles. The number of hydrogen-bond acceptors (Lipinski definition) is 4. The Bertz CT molecular complexity index is 923. The number of amides is 1. The van der Waals surface area contributed by atoms with E-state index in [0.29, 0.717) is 37.8 Å². The van der Waals surface area contributed by atoms with Crippen molar-refractivity contribution in [1.82, 2.24) is 16.0 Å². The number of benzene rings is 2. The third kappa shape index (κ3) is 6.99. The highest BCUT2D eigenvalue weighted by Crippen LogP contribution is 2.23. The lowest BCUT2D eigenvalue weighted by Crippen LogP contribution is -2.36. The second-order valence-electron chi connectivity index (χ2n) is 7.95. The van der Waals surface area contributed by atoms with Crippen LogP contribution in [0.15, 0.2) is 47.5 Å². The zero-order valence-electron chi connectivity index (χ0n) is 19.2. The Balaban J connectivity index is 1.56. The van der Waals surface area contributed by atoms with Crippen LogP contribution in [-0.4, -0.2) is 44.8 Å². The van der Waals surface area contributed by atoms with Crippen LogP contribution < -0.4 is 20.7 Å². The van der Waals surface area contributed by atoms with E-state index < -0.39 is 0 Å². The molecule has 1 atom stereocenters. The summed E-state index contributed by atoms with van der Waals surface area (Å²) >= 11 is 0. The molecule has 32 heavy (non-hydrogen) atoms. The molecule has 1 fully saturated rings. The highest BCUT2D eigenvalue weighted by Gasteiger charge is 2.18. The maximum absolute atomic E-state index is 12.2. The lowest BCUT2D eigenvalue weighted by molar-refractivity contribution is 0.0953. The number of carbonyl (C=O) groups excluding carboxylic acids is 1. The molecule has 1 unspecified atom stereocenters. The molecular weight excluding hydrogens is 404 g/mol. The van der Waals surface area contributed by atoms with Crippen molar-refractivity contribution < 1.29 is 14.3 Å². The van der Waals surface area contributed by atoms with Crippen LogP contribution in [0.5, 0.6) is 5.75 Å². The number of aryl methyl sites for hydroxylation is 1. The summed E-state index contributed by atoms with van der Waals surface area (Å²) in [5.74, 6) is 1.52. The van der Waals surface area contributed by atoms with Crippen molar-refractivity contribution in [1.29, 1.82) is 0 Å². The average molecular weight is 439 g/mol. The molecule has 172 valence electrons. The Labute approximate surface area is 190 Å². The van der Waals surface area contributed by atoms with E-state index in [0.717, 1.165) is 41.9 Å². The van der Waals surface area contributed by atoms with Crippen LogP contribution in [0.3, 0.4) is 0 Å². The molecule has 0 bridgehead atoms. The molecule has 3 N–H and O–H groups in total. The Morgan fingerprint density at radius 1 is 1.16 bits per heavy atom. The van der Waals surface area contributed by atoms with Gasteiger partial charge < -0.3 is 25.4 Å². The van der Waals surface area contributed by atoms with Gasteiger partial charge in [0.15, 0.2) is 5.96 Å². The van der Waals surface area contributed by atoms with Crippen molar-refractivity contribution in [2.45, 2.75) is 45.9 Å². The SMILES string of the molecule is CCCNC(=O)c1cccc(CNC(=NC)NCc2ccc(C)cc2OC2CCOC2)c1. The summed E-state index contributed by atoms with van der Waals surface area (Å²) in [6, 6.07) is 13.9. The molecule has 2 aromatic carbocycles. The summed E-state index contributed by atoms with van der Waals surface area (Å²) in [5.41, 5.74) is 3.91. The van der Waals surface area contributed by atoms with Gasteiger partial charge in [-0.2, -0.15) is 0 Å². The average Bonchev–Trinajstić information content (AvgIpc) is 3.32. The highest BCUT2D eigenvalue weighted by molar-refractivity contribution is 5.94. The first-order valence-electron chi connectivity index (χ1n) is 11.2. The van der Waals surface area contributed by atoms with E-state index in [-0.39, 0.29) is 12.0 Å². The van der Waals surface area contributed by atoms with Crippen molar-refractivity contribution >= 4 is 11.9 Å². The fraction of sp³-hybridized carbons (Fsp3) is 0.440. The van der Waals surface area contributed by atoms with Gasteiger partial charge in [0, 0.05) is 44.2 Å². The number of nitrogens with one attached hydrogen (secondary N) is 3. The lowest BCUT2D eigenvalue weighted by atomic mass is 10.1. The third-order valence-electron chi connectivity index (χ3n) is 5.26. The molecule has 0 aromatic heterocycles. The molecule has 2 aromatic rings. The first kappa shape index (κ1) is 23.6. The Morgan fingerprint density at radius 2 is 2.00 bits per heavy atom. The lowest BCUT2D eigenvalue weighted by Gasteiger charge is -2.18. The van der Waals surface area contributed by atoms with Crippen LogP contribution in [0.1, 0.15) is 46.8 Å². The number of hydrogen-bond donors (Lipinski definition) is 3. The minimum absolute atomic E-state index is 0.0456. The summed E-state index contributed by atoms with van der Waals surface area (Å²) in [6.45, 7) is 7.31. The van der Waals surface area contributed by atoms with Crippen LogP contribution >= 0.6 is 0 Å². The standard InChI is InChI=1S/C25H34N4O3/c1-4-11-27-24(30)20-7-5-6-19(14-20)15-28-25(26-3)29-16-21-9-8-18(2)13-23(21)32-22-10-12-31-17-22/h5-9,13-14,22H,4,10-12,15-17H2,1-3H3,(H,27,30)(H2,26,28,29). The van der Waals surface area contributed by atoms with Crippen LogP contribution in [0, 0.1) is 6.92 Å². The molecule has 1 aliphatic heterocycles.